The molecule has 21 heavy (non-hydrogen) atoms. The van der Waals surface area contributed by atoms with Crippen LogP contribution in [0.15, 0.2) is 54.6 Å². The highest BCUT2D eigenvalue weighted by atomic mass is 19.1. The molecule has 0 unspecified atom stereocenters. The molecule has 110 valence electrons. The molecule has 1 amide bonds. The number of benzene rings is 2. The van der Waals surface area contributed by atoms with Crippen LogP contribution < -0.4 is 0 Å². The summed E-state index contributed by atoms with van der Waals surface area (Å²) in [6.45, 7) is 3.14. The number of rotatable bonds is 6. The van der Waals surface area contributed by atoms with Crippen molar-refractivity contribution in [1.82, 2.24) is 4.90 Å². The van der Waals surface area contributed by atoms with Crippen LogP contribution in [0.2, 0.25) is 0 Å². The second-order valence-electron chi connectivity index (χ2n) is 5.03. The van der Waals surface area contributed by atoms with Crippen LogP contribution in [-0.2, 0) is 17.8 Å². The van der Waals surface area contributed by atoms with Gasteiger partial charge in [-0.3, -0.25) is 4.79 Å². The summed E-state index contributed by atoms with van der Waals surface area (Å²) in [4.78, 5) is 13.9. The fourth-order valence-corrected chi connectivity index (χ4v) is 2.23. The molecule has 0 spiro atoms. The van der Waals surface area contributed by atoms with Gasteiger partial charge in [0.1, 0.15) is 5.82 Å². The number of hydrogen-bond acceptors (Lipinski definition) is 1. The van der Waals surface area contributed by atoms with Gasteiger partial charge >= 0.3 is 0 Å². The van der Waals surface area contributed by atoms with Gasteiger partial charge in [-0.05, 0) is 29.7 Å². The van der Waals surface area contributed by atoms with Crippen LogP contribution in [-0.4, -0.2) is 17.4 Å². The summed E-state index contributed by atoms with van der Waals surface area (Å²) in [5, 5.41) is 0. The molecule has 0 aliphatic carbocycles. The minimum Gasteiger partial charge on any atom is -0.338 e. The van der Waals surface area contributed by atoms with Crippen molar-refractivity contribution < 1.29 is 9.18 Å². The Morgan fingerprint density at radius 1 is 1.00 bits per heavy atom. The molecule has 0 fully saturated rings. The van der Waals surface area contributed by atoms with E-state index in [-0.39, 0.29) is 11.7 Å². The van der Waals surface area contributed by atoms with Gasteiger partial charge in [0.15, 0.2) is 0 Å². The zero-order valence-corrected chi connectivity index (χ0v) is 12.3. The molecular formula is C18H20FNO. The number of carbonyl (C=O) groups excluding carboxylic acids is 1. The molecular weight excluding hydrogens is 265 g/mol. The maximum Gasteiger partial charge on any atom is 0.222 e. The normalized spacial score (nSPS) is 10.4. The lowest BCUT2D eigenvalue weighted by Gasteiger charge is -2.22. The van der Waals surface area contributed by atoms with Crippen LogP contribution in [0, 0.1) is 5.82 Å². The van der Waals surface area contributed by atoms with E-state index in [0.717, 1.165) is 17.5 Å². The van der Waals surface area contributed by atoms with Gasteiger partial charge in [0.05, 0.1) is 0 Å². The van der Waals surface area contributed by atoms with Crippen LogP contribution in [0.3, 0.4) is 0 Å². The van der Waals surface area contributed by atoms with E-state index in [9.17, 15) is 9.18 Å². The maximum absolute atomic E-state index is 12.9. The van der Waals surface area contributed by atoms with Gasteiger partial charge in [-0.15, -0.1) is 0 Å². The lowest BCUT2D eigenvalue weighted by molar-refractivity contribution is -0.131. The molecule has 0 radical (unpaired) electrons. The average molecular weight is 285 g/mol. The molecule has 2 rings (SSSR count). The van der Waals surface area contributed by atoms with Crippen LogP contribution in [0.4, 0.5) is 4.39 Å². The van der Waals surface area contributed by atoms with E-state index < -0.39 is 0 Å². The third-order valence-electron chi connectivity index (χ3n) is 3.46. The number of halogens is 1. The Hall–Kier alpha value is -2.16. The number of carbonyl (C=O) groups is 1. The molecule has 0 atom stereocenters. The number of hydrogen-bond donors (Lipinski definition) is 0. The van der Waals surface area contributed by atoms with Gasteiger partial charge in [0.2, 0.25) is 5.91 Å². The van der Waals surface area contributed by atoms with Crippen LogP contribution in [0.25, 0.3) is 0 Å². The minimum absolute atomic E-state index is 0.140. The van der Waals surface area contributed by atoms with Crippen LogP contribution >= 0.6 is 0 Å². The Labute approximate surface area is 125 Å². The van der Waals surface area contributed by atoms with Crippen molar-refractivity contribution in [2.75, 3.05) is 6.54 Å². The largest absolute Gasteiger partial charge is 0.338 e. The first-order valence-corrected chi connectivity index (χ1v) is 7.25. The predicted octanol–water partition coefficient (Wildman–Crippen LogP) is 3.81. The first-order valence-electron chi connectivity index (χ1n) is 7.25. The van der Waals surface area contributed by atoms with Crippen molar-refractivity contribution in [2.24, 2.45) is 0 Å². The molecule has 0 aromatic heterocycles. The standard InChI is InChI=1S/C18H20FNO/c1-2-18(21)20(14-16-6-4-3-5-7-16)13-12-15-8-10-17(19)11-9-15/h3-11H,2,12-14H2,1H3. The molecule has 0 bridgehead atoms. The molecule has 0 heterocycles. The molecule has 0 saturated heterocycles. The summed E-state index contributed by atoms with van der Waals surface area (Å²) in [5.74, 6) is -0.0921. The summed E-state index contributed by atoms with van der Waals surface area (Å²) < 4.78 is 12.9. The van der Waals surface area contributed by atoms with Crippen LogP contribution in [0.5, 0.6) is 0 Å². The SMILES string of the molecule is CCC(=O)N(CCc1ccc(F)cc1)Cc1ccccc1. The second-order valence-corrected chi connectivity index (χ2v) is 5.03. The fraction of sp³-hybridized carbons (Fsp3) is 0.278. The maximum atomic E-state index is 12.9. The summed E-state index contributed by atoms with van der Waals surface area (Å²) in [6.07, 6.45) is 1.23. The topological polar surface area (TPSA) is 20.3 Å². The number of amides is 1. The third-order valence-corrected chi connectivity index (χ3v) is 3.46. The molecule has 2 aromatic carbocycles. The lowest BCUT2D eigenvalue weighted by Crippen LogP contribution is -2.31. The Kier molecular flexibility index (Phi) is 5.50. The van der Waals surface area contributed by atoms with Gasteiger partial charge in [-0.25, -0.2) is 4.39 Å². The van der Waals surface area contributed by atoms with Crippen LogP contribution in [0.1, 0.15) is 24.5 Å². The molecule has 2 aromatic rings. The van der Waals surface area contributed by atoms with E-state index in [1.165, 1.54) is 12.1 Å². The summed E-state index contributed by atoms with van der Waals surface area (Å²) in [7, 11) is 0. The van der Waals surface area contributed by atoms with E-state index in [1.54, 1.807) is 12.1 Å². The Morgan fingerprint density at radius 2 is 1.67 bits per heavy atom. The molecule has 2 nitrogen and oxygen atoms in total. The quantitative estimate of drug-likeness (QED) is 0.790. The first-order chi connectivity index (χ1) is 10.2. The van der Waals surface area contributed by atoms with Crippen molar-refractivity contribution in [1.29, 1.82) is 0 Å². The van der Waals surface area contributed by atoms with E-state index in [1.807, 2.05) is 42.2 Å². The summed E-state index contributed by atoms with van der Waals surface area (Å²) >= 11 is 0. The number of nitrogens with zero attached hydrogens (tertiary/aromatic N) is 1. The monoisotopic (exact) mass is 285 g/mol. The molecule has 0 aliphatic heterocycles. The third kappa shape index (κ3) is 4.71. The highest BCUT2D eigenvalue weighted by molar-refractivity contribution is 5.75. The minimum atomic E-state index is -0.232. The Bertz CT molecular complexity index is 566. The average Bonchev–Trinajstić information content (AvgIpc) is 2.53. The van der Waals surface area contributed by atoms with E-state index in [0.29, 0.717) is 19.5 Å². The van der Waals surface area contributed by atoms with Crippen molar-refractivity contribution in [3.63, 3.8) is 0 Å². The van der Waals surface area contributed by atoms with Gasteiger partial charge < -0.3 is 4.90 Å². The van der Waals surface area contributed by atoms with Gasteiger partial charge in [0.25, 0.3) is 0 Å². The summed E-state index contributed by atoms with van der Waals surface area (Å²) in [6, 6.07) is 16.4. The van der Waals surface area contributed by atoms with E-state index in [2.05, 4.69) is 0 Å². The van der Waals surface area contributed by atoms with Gasteiger partial charge in [-0.1, -0.05) is 49.4 Å². The van der Waals surface area contributed by atoms with Crippen molar-refractivity contribution in [3.8, 4) is 0 Å². The van der Waals surface area contributed by atoms with E-state index in [4.69, 9.17) is 0 Å². The molecule has 3 heteroatoms. The fourth-order valence-electron chi connectivity index (χ4n) is 2.23. The molecule has 0 N–H and O–H groups in total. The van der Waals surface area contributed by atoms with Gasteiger partial charge in [0, 0.05) is 19.5 Å². The summed E-state index contributed by atoms with van der Waals surface area (Å²) in [5.41, 5.74) is 2.16. The molecule has 0 saturated carbocycles. The van der Waals surface area contributed by atoms with Crippen molar-refractivity contribution in [3.05, 3.63) is 71.5 Å². The predicted molar refractivity (Wildman–Crippen MR) is 82.3 cm³/mol. The lowest BCUT2D eigenvalue weighted by atomic mass is 10.1. The van der Waals surface area contributed by atoms with E-state index >= 15 is 0 Å². The zero-order chi connectivity index (χ0) is 15.1. The van der Waals surface area contributed by atoms with Crippen molar-refractivity contribution >= 4 is 5.91 Å². The Balaban J connectivity index is 1.99. The highest BCUT2D eigenvalue weighted by Crippen LogP contribution is 2.09. The smallest absolute Gasteiger partial charge is 0.222 e. The first kappa shape index (κ1) is 15.2. The van der Waals surface area contributed by atoms with Gasteiger partial charge in [-0.2, -0.15) is 0 Å². The van der Waals surface area contributed by atoms with Crippen molar-refractivity contribution in [2.45, 2.75) is 26.3 Å². The second kappa shape index (κ2) is 7.58. The highest BCUT2D eigenvalue weighted by Gasteiger charge is 2.12. The Morgan fingerprint density at radius 3 is 2.29 bits per heavy atom. The zero-order valence-electron chi connectivity index (χ0n) is 12.3. The molecule has 0 aliphatic rings.